The third kappa shape index (κ3) is 4.69. The highest BCUT2D eigenvalue weighted by molar-refractivity contribution is 5.18. The number of aryl methyl sites for hydroxylation is 1. The van der Waals surface area contributed by atoms with Gasteiger partial charge in [-0.1, -0.05) is 13.0 Å². The summed E-state index contributed by atoms with van der Waals surface area (Å²) in [6.45, 7) is 5.97. The number of aliphatic hydroxyl groups excluding tert-OH is 1. The van der Waals surface area contributed by atoms with Crippen molar-refractivity contribution in [2.24, 2.45) is 0 Å². The lowest BCUT2D eigenvalue weighted by Crippen LogP contribution is -2.52. The molecule has 142 valence electrons. The minimum atomic E-state index is -0.824. The van der Waals surface area contributed by atoms with Crippen LogP contribution in [0.25, 0.3) is 0 Å². The van der Waals surface area contributed by atoms with Crippen LogP contribution in [0, 0.1) is 11.6 Å². The SMILES string of the molecule is CCc1ccc(CN2CCN(Cc3ccc(F)c(F)c3)[C@H](CCO)C2)o1. The molecular weight excluding hydrogens is 338 g/mol. The molecule has 4 nitrogen and oxygen atoms in total. The van der Waals surface area contributed by atoms with E-state index in [1.165, 1.54) is 12.1 Å². The van der Waals surface area contributed by atoms with Crippen LogP contribution in [0.5, 0.6) is 0 Å². The molecule has 1 fully saturated rings. The molecule has 1 N–H and O–H groups in total. The first-order valence-electron chi connectivity index (χ1n) is 9.17. The van der Waals surface area contributed by atoms with E-state index in [2.05, 4.69) is 16.7 Å². The summed E-state index contributed by atoms with van der Waals surface area (Å²) in [5.41, 5.74) is 0.749. The molecule has 1 aromatic carbocycles. The van der Waals surface area contributed by atoms with Crippen molar-refractivity contribution in [3.8, 4) is 0 Å². The summed E-state index contributed by atoms with van der Waals surface area (Å²) in [6, 6.07) is 8.25. The zero-order chi connectivity index (χ0) is 18.5. The second-order valence-corrected chi connectivity index (χ2v) is 6.84. The average molecular weight is 364 g/mol. The molecule has 0 spiro atoms. The number of hydrogen-bond acceptors (Lipinski definition) is 4. The zero-order valence-electron chi connectivity index (χ0n) is 15.1. The zero-order valence-corrected chi connectivity index (χ0v) is 15.1. The van der Waals surface area contributed by atoms with Gasteiger partial charge < -0.3 is 9.52 Å². The molecule has 1 aliphatic rings. The molecule has 2 heterocycles. The molecule has 1 atom stereocenters. The quantitative estimate of drug-likeness (QED) is 0.819. The van der Waals surface area contributed by atoms with Gasteiger partial charge in [0.15, 0.2) is 11.6 Å². The van der Waals surface area contributed by atoms with Gasteiger partial charge in [0.2, 0.25) is 0 Å². The van der Waals surface area contributed by atoms with Crippen LogP contribution in [0.15, 0.2) is 34.7 Å². The Morgan fingerprint density at radius 3 is 2.58 bits per heavy atom. The van der Waals surface area contributed by atoms with Gasteiger partial charge in [-0.2, -0.15) is 0 Å². The first kappa shape index (κ1) is 19.0. The maximum Gasteiger partial charge on any atom is 0.159 e. The van der Waals surface area contributed by atoms with Crippen molar-refractivity contribution in [2.75, 3.05) is 26.2 Å². The second kappa shape index (κ2) is 8.75. The van der Waals surface area contributed by atoms with Crippen molar-refractivity contribution < 1.29 is 18.3 Å². The Hall–Kier alpha value is -1.76. The fraction of sp³-hybridized carbons (Fsp3) is 0.500. The lowest BCUT2D eigenvalue weighted by molar-refractivity contribution is 0.0466. The van der Waals surface area contributed by atoms with Crippen molar-refractivity contribution in [3.05, 3.63) is 59.1 Å². The number of piperazine rings is 1. The maximum absolute atomic E-state index is 13.5. The van der Waals surface area contributed by atoms with E-state index in [-0.39, 0.29) is 12.6 Å². The molecule has 1 saturated heterocycles. The Morgan fingerprint density at radius 1 is 1.08 bits per heavy atom. The molecule has 0 bridgehead atoms. The van der Waals surface area contributed by atoms with Crippen molar-refractivity contribution in [2.45, 2.75) is 38.9 Å². The summed E-state index contributed by atoms with van der Waals surface area (Å²) in [4.78, 5) is 4.55. The van der Waals surface area contributed by atoms with Gasteiger partial charge in [-0.15, -0.1) is 0 Å². The van der Waals surface area contributed by atoms with E-state index in [1.54, 1.807) is 6.07 Å². The topological polar surface area (TPSA) is 39.9 Å². The predicted octanol–water partition coefficient (Wildman–Crippen LogP) is 3.19. The summed E-state index contributed by atoms with van der Waals surface area (Å²) >= 11 is 0. The second-order valence-electron chi connectivity index (χ2n) is 6.84. The molecule has 2 aromatic rings. The van der Waals surface area contributed by atoms with Crippen LogP contribution in [0.1, 0.15) is 30.4 Å². The number of halogens is 2. The van der Waals surface area contributed by atoms with Crippen LogP contribution in [0.2, 0.25) is 0 Å². The number of hydrogen-bond donors (Lipinski definition) is 1. The minimum Gasteiger partial charge on any atom is -0.465 e. The number of nitrogens with zero attached hydrogens (tertiary/aromatic N) is 2. The molecule has 0 radical (unpaired) electrons. The summed E-state index contributed by atoms with van der Waals surface area (Å²) in [7, 11) is 0. The maximum atomic E-state index is 13.5. The van der Waals surface area contributed by atoms with E-state index in [4.69, 9.17) is 4.42 Å². The smallest absolute Gasteiger partial charge is 0.159 e. The fourth-order valence-corrected chi connectivity index (χ4v) is 3.52. The van der Waals surface area contributed by atoms with Gasteiger partial charge in [-0.3, -0.25) is 9.80 Å². The lowest BCUT2D eigenvalue weighted by atomic mass is 10.1. The summed E-state index contributed by atoms with van der Waals surface area (Å²) < 4.78 is 32.4. The summed E-state index contributed by atoms with van der Waals surface area (Å²) in [5, 5.41) is 9.42. The molecule has 3 rings (SSSR count). The van der Waals surface area contributed by atoms with E-state index < -0.39 is 11.6 Å². The molecule has 1 aliphatic heterocycles. The molecule has 0 amide bonds. The largest absolute Gasteiger partial charge is 0.465 e. The van der Waals surface area contributed by atoms with Crippen molar-refractivity contribution in [1.82, 2.24) is 9.80 Å². The van der Waals surface area contributed by atoms with Crippen molar-refractivity contribution in [1.29, 1.82) is 0 Å². The van der Waals surface area contributed by atoms with E-state index in [0.29, 0.717) is 13.0 Å². The molecule has 0 unspecified atom stereocenters. The van der Waals surface area contributed by atoms with Crippen LogP contribution in [0.4, 0.5) is 8.78 Å². The van der Waals surface area contributed by atoms with Gasteiger partial charge >= 0.3 is 0 Å². The van der Waals surface area contributed by atoms with E-state index in [9.17, 15) is 13.9 Å². The van der Waals surface area contributed by atoms with Gasteiger partial charge in [0.25, 0.3) is 0 Å². The summed E-state index contributed by atoms with van der Waals surface area (Å²) in [5.74, 6) is 0.308. The standard InChI is InChI=1S/C20H26F2N2O2/c1-2-17-4-5-18(26-17)14-23-8-9-24(16(13-23)7-10-25)12-15-3-6-19(21)20(22)11-15/h3-6,11,16,25H,2,7-10,12-14H2,1H3/t16-/m1/s1. The molecule has 6 heteroatoms. The Kier molecular flexibility index (Phi) is 6.40. The van der Waals surface area contributed by atoms with E-state index in [0.717, 1.165) is 49.7 Å². The van der Waals surface area contributed by atoms with E-state index in [1.807, 2.05) is 12.1 Å². The normalized spacial score (nSPS) is 19.2. The molecule has 0 saturated carbocycles. The van der Waals surface area contributed by atoms with Crippen LogP contribution in [-0.4, -0.2) is 47.2 Å². The third-order valence-electron chi connectivity index (χ3n) is 4.97. The van der Waals surface area contributed by atoms with Crippen molar-refractivity contribution in [3.63, 3.8) is 0 Å². The minimum absolute atomic E-state index is 0.105. The Labute approximate surface area is 153 Å². The Bertz CT molecular complexity index is 720. The van der Waals surface area contributed by atoms with Gasteiger partial charge in [-0.05, 0) is 36.2 Å². The average Bonchev–Trinajstić information content (AvgIpc) is 3.08. The number of benzene rings is 1. The van der Waals surface area contributed by atoms with E-state index >= 15 is 0 Å². The molecule has 1 aromatic heterocycles. The molecular formula is C20H26F2N2O2. The summed E-state index contributed by atoms with van der Waals surface area (Å²) in [6.07, 6.45) is 1.54. The predicted molar refractivity (Wildman–Crippen MR) is 95.6 cm³/mol. The first-order chi connectivity index (χ1) is 12.6. The number of aliphatic hydroxyl groups is 1. The van der Waals surface area contributed by atoms with Crippen LogP contribution in [0.3, 0.4) is 0 Å². The lowest BCUT2D eigenvalue weighted by Gasteiger charge is -2.41. The van der Waals surface area contributed by atoms with Crippen LogP contribution in [-0.2, 0) is 19.5 Å². The van der Waals surface area contributed by atoms with Gasteiger partial charge in [0.05, 0.1) is 6.54 Å². The third-order valence-corrected chi connectivity index (χ3v) is 4.97. The number of rotatable bonds is 7. The molecule has 26 heavy (non-hydrogen) atoms. The van der Waals surface area contributed by atoms with Crippen LogP contribution < -0.4 is 0 Å². The molecule has 0 aliphatic carbocycles. The van der Waals surface area contributed by atoms with Gasteiger partial charge in [0, 0.05) is 45.2 Å². The van der Waals surface area contributed by atoms with Crippen LogP contribution >= 0.6 is 0 Å². The highest BCUT2D eigenvalue weighted by Gasteiger charge is 2.27. The monoisotopic (exact) mass is 364 g/mol. The highest BCUT2D eigenvalue weighted by atomic mass is 19.2. The number of furan rings is 1. The van der Waals surface area contributed by atoms with Gasteiger partial charge in [-0.25, -0.2) is 8.78 Å². The fourth-order valence-electron chi connectivity index (χ4n) is 3.52. The highest BCUT2D eigenvalue weighted by Crippen LogP contribution is 2.20. The van der Waals surface area contributed by atoms with Gasteiger partial charge in [0.1, 0.15) is 11.5 Å². The Morgan fingerprint density at radius 2 is 1.88 bits per heavy atom. The first-order valence-corrected chi connectivity index (χ1v) is 9.17. The van der Waals surface area contributed by atoms with Crippen molar-refractivity contribution >= 4 is 0 Å². The Balaban J connectivity index is 1.62.